The average Bonchev–Trinajstić information content (AvgIpc) is 3.29. The molecule has 2 aliphatic rings. The number of rotatable bonds is 4. The Labute approximate surface area is 157 Å². The zero-order chi connectivity index (χ0) is 17.9. The van der Waals surface area contributed by atoms with Crippen molar-refractivity contribution in [2.24, 2.45) is 0 Å². The Morgan fingerprint density at radius 2 is 2.12 bits per heavy atom. The van der Waals surface area contributed by atoms with Crippen LogP contribution in [0.2, 0.25) is 0 Å². The summed E-state index contributed by atoms with van der Waals surface area (Å²) in [5.41, 5.74) is 2.12. The van der Waals surface area contributed by atoms with Crippen molar-refractivity contribution in [3.05, 3.63) is 35.9 Å². The van der Waals surface area contributed by atoms with Crippen LogP contribution < -0.4 is 5.32 Å². The van der Waals surface area contributed by atoms with Crippen molar-refractivity contribution in [3.8, 4) is 0 Å². The summed E-state index contributed by atoms with van der Waals surface area (Å²) >= 11 is 1.47. The molecular formula is C20H23N3O2S. The maximum absolute atomic E-state index is 12.7. The number of nitrogens with one attached hydrogen (secondary N) is 1. The van der Waals surface area contributed by atoms with Gasteiger partial charge in [-0.2, -0.15) is 0 Å². The lowest BCUT2D eigenvalue weighted by Crippen LogP contribution is -2.43. The van der Waals surface area contributed by atoms with Crippen LogP contribution in [0.3, 0.4) is 0 Å². The van der Waals surface area contributed by atoms with Crippen LogP contribution in [-0.2, 0) is 9.59 Å². The van der Waals surface area contributed by atoms with Crippen molar-refractivity contribution in [1.82, 2.24) is 9.88 Å². The second kappa shape index (κ2) is 7.58. The zero-order valence-corrected chi connectivity index (χ0v) is 15.6. The largest absolute Gasteiger partial charge is 0.330 e. The van der Waals surface area contributed by atoms with Gasteiger partial charge in [-0.3, -0.25) is 9.59 Å². The van der Waals surface area contributed by atoms with Crippen LogP contribution in [0.4, 0.5) is 5.13 Å². The highest BCUT2D eigenvalue weighted by atomic mass is 32.1. The molecule has 1 fully saturated rings. The molecule has 6 heteroatoms. The van der Waals surface area contributed by atoms with E-state index in [4.69, 9.17) is 0 Å². The fourth-order valence-corrected chi connectivity index (χ4v) is 4.68. The monoisotopic (exact) mass is 369 g/mol. The van der Waals surface area contributed by atoms with Gasteiger partial charge in [-0.15, -0.1) is 0 Å². The number of fused-ring (bicyclic) bond motifs is 1. The van der Waals surface area contributed by atoms with Crippen LogP contribution in [0.25, 0.3) is 10.2 Å². The molecule has 1 N–H and O–H groups in total. The molecule has 1 aromatic heterocycles. The van der Waals surface area contributed by atoms with E-state index in [9.17, 15) is 9.59 Å². The van der Waals surface area contributed by atoms with Crippen LogP contribution in [-0.4, -0.2) is 34.3 Å². The topological polar surface area (TPSA) is 62.3 Å². The summed E-state index contributed by atoms with van der Waals surface area (Å²) in [6.07, 6.45) is 8.74. The number of hydrogen-bond acceptors (Lipinski definition) is 4. The van der Waals surface area contributed by atoms with E-state index in [0.29, 0.717) is 18.1 Å². The van der Waals surface area contributed by atoms with E-state index in [-0.39, 0.29) is 17.9 Å². The molecule has 1 atom stereocenters. The van der Waals surface area contributed by atoms with Gasteiger partial charge in [0.25, 0.3) is 0 Å². The van der Waals surface area contributed by atoms with Gasteiger partial charge in [-0.1, -0.05) is 35.1 Å². The highest BCUT2D eigenvalue weighted by Crippen LogP contribution is 2.28. The minimum Gasteiger partial charge on any atom is -0.330 e. The molecule has 2 aromatic rings. The molecule has 1 aromatic carbocycles. The Hall–Kier alpha value is -2.21. The van der Waals surface area contributed by atoms with Crippen LogP contribution in [0.5, 0.6) is 0 Å². The van der Waals surface area contributed by atoms with Gasteiger partial charge in [0.15, 0.2) is 5.13 Å². The van der Waals surface area contributed by atoms with Crippen LogP contribution >= 0.6 is 11.3 Å². The summed E-state index contributed by atoms with van der Waals surface area (Å²) in [5.74, 6) is -0.0346. The first kappa shape index (κ1) is 17.2. The number of benzene rings is 1. The number of likely N-dealkylation sites (tertiary alicyclic amines) is 1. The molecule has 1 unspecified atom stereocenters. The molecule has 4 rings (SSSR count). The van der Waals surface area contributed by atoms with Crippen molar-refractivity contribution in [2.75, 3.05) is 11.9 Å². The summed E-state index contributed by atoms with van der Waals surface area (Å²) in [6.45, 7) is 0.671. The molecule has 0 radical (unpaired) electrons. The third kappa shape index (κ3) is 3.65. The molecule has 2 amide bonds. The maximum atomic E-state index is 12.7. The first-order chi connectivity index (χ1) is 12.7. The molecule has 0 spiro atoms. The molecule has 1 aliphatic heterocycles. The first-order valence-corrected chi connectivity index (χ1v) is 10.2. The number of allylic oxidation sites excluding steroid dienone is 1. The summed E-state index contributed by atoms with van der Waals surface area (Å²) in [6, 6.07) is 7.45. The number of nitrogens with zero attached hydrogens (tertiary/aromatic N) is 2. The minimum absolute atomic E-state index is 0.0834. The van der Waals surface area contributed by atoms with E-state index < -0.39 is 0 Å². The van der Waals surface area contributed by atoms with Crippen molar-refractivity contribution < 1.29 is 9.59 Å². The lowest BCUT2D eigenvalue weighted by molar-refractivity contribution is -0.136. The van der Waals surface area contributed by atoms with Gasteiger partial charge >= 0.3 is 0 Å². The predicted molar refractivity (Wildman–Crippen MR) is 104 cm³/mol. The molecular weight excluding hydrogens is 346 g/mol. The first-order valence-electron chi connectivity index (χ1n) is 9.34. The van der Waals surface area contributed by atoms with Crippen LogP contribution in [0.1, 0.15) is 44.9 Å². The van der Waals surface area contributed by atoms with E-state index in [1.54, 1.807) is 4.90 Å². The van der Waals surface area contributed by atoms with Crippen molar-refractivity contribution in [3.63, 3.8) is 0 Å². The van der Waals surface area contributed by atoms with Gasteiger partial charge in [0.2, 0.25) is 11.8 Å². The molecule has 1 saturated heterocycles. The van der Waals surface area contributed by atoms with Gasteiger partial charge in [-0.05, 0) is 50.7 Å². The minimum atomic E-state index is -0.376. The Bertz CT molecular complexity index is 825. The van der Waals surface area contributed by atoms with Gasteiger partial charge in [-0.25, -0.2) is 4.98 Å². The van der Waals surface area contributed by atoms with Crippen molar-refractivity contribution in [2.45, 2.75) is 51.0 Å². The van der Waals surface area contributed by atoms with E-state index in [1.807, 2.05) is 24.3 Å². The number of hydrogen-bond donors (Lipinski definition) is 1. The number of para-hydroxylation sites is 1. The Balaban J connectivity index is 1.42. The quantitative estimate of drug-likeness (QED) is 0.825. The molecule has 1 aliphatic carbocycles. The number of carbonyl (C=O) groups excluding carboxylic acids is 2. The Morgan fingerprint density at radius 3 is 2.92 bits per heavy atom. The van der Waals surface area contributed by atoms with Crippen LogP contribution in [0.15, 0.2) is 35.9 Å². The van der Waals surface area contributed by atoms with Gasteiger partial charge < -0.3 is 10.2 Å². The number of carbonyl (C=O) groups is 2. The van der Waals surface area contributed by atoms with E-state index in [1.165, 1.54) is 29.8 Å². The third-order valence-corrected chi connectivity index (χ3v) is 6.11. The molecule has 136 valence electrons. The summed E-state index contributed by atoms with van der Waals surface area (Å²) in [4.78, 5) is 31.7. The smallest absolute Gasteiger partial charge is 0.248 e. The van der Waals surface area contributed by atoms with Gasteiger partial charge in [0, 0.05) is 13.0 Å². The fourth-order valence-electron chi connectivity index (χ4n) is 3.81. The molecule has 0 saturated carbocycles. The summed E-state index contributed by atoms with van der Waals surface area (Å²) < 4.78 is 1.05. The summed E-state index contributed by atoms with van der Waals surface area (Å²) in [7, 11) is 0. The van der Waals surface area contributed by atoms with Gasteiger partial charge in [0.05, 0.1) is 10.2 Å². The van der Waals surface area contributed by atoms with E-state index in [0.717, 1.165) is 35.9 Å². The fraction of sp³-hybridized carbons (Fsp3) is 0.450. The Kier molecular flexibility index (Phi) is 5.02. The molecule has 5 nitrogen and oxygen atoms in total. The average molecular weight is 369 g/mol. The molecule has 2 heterocycles. The zero-order valence-electron chi connectivity index (χ0n) is 14.7. The predicted octanol–water partition coefficient (Wildman–Crippen LogP) is 4.12. The highest BCUT2D eigenvalue weighted by molar-refractivity contribution is 7.22. The standard InChI is InChI=1S/C20H23N3O2S/c24-18(13-14-7-2-1-3-8-14)23-12-6-10-16(23)19(25)22-20-21-15-9-4-5-11-17(15)26-20/h4-5,7,9,11,16H,1-3,6,8,10,12-13H2,(H,21,22,25). The number of aromatic nitrogens is 1. The second-order valence-corrected chi connectivity index (χ2v) is 8.04. The SMILES string of the molecule is O=C(Nc1nc2ccccc2s1)C1CCCN1C(=O)CC1=CCCCC1. The maximum Gasteiger partial charge on any atom is 0.248 e. The molecule has 26 heavy (non-hydrogen) atoms. The second-order valence-electron chi connectivity index (χ2n) is 7.01. The lowest BCUT2D eigenvalue weighted by atomic mass is 9.97. The number of amides is 2. The van der Waals surface area contributed by atoms with Crippen molar-refractivity contribution in [1.29, 1.82) is 0 Å². The number of anilines is 1. The number of thiazole rings is 1. The summed E-state index contributed by atoms with van der Waals surface area (Å²) in [5, 5.41) is 3.52. The van der Waals surface area contributed by atoms with Crippen LogP contribution in [0, 0.1) is 0 Å². The normalized spacial score (nSPS) is 20.2. The Morgan fingerprint density at radius 1 is 1.23 bits per heavy atom. The van der Waals surface area contributed by atoms with Crippen molar-refractivity contribution >= 4 is 38.5 Å². The van der Waals surface area contributed by atoms with Gasteiger partial charge in [0.1, 0.15) is 6.04 Å². The lowest BCUT2D eigenvalue weighted by Gasteiger charge is -2.24. The van der Waals surface area contributed by atoms with E-state index >= 15 is 0 Å². The highest BCUT2D eigenvalue weighted by Gasteiger charge is 2.34. The molecule has 0 bridgehead atoms. The van der Waals surface area contributed by atoms with E-state index in [2.05, 4.69) is 16.4 Å². The third-order valence-electron chi connectivity index (χ3n) is 5.16.